The predicted molar refractivity (Wildman–Crippen MR) is 121 cm³/mol. The number of likely N-dealkylation sites (tertiary alicyclic amines) is 1. The number of aromatic nitrogens is 3. The fourth-order valence-corrected chi connectivity index (χ4v) is 4.89. The van der Waals surface area contributed by atoms with Crippen LogP contribution in [0.25, 0.3) is 0 Å². The quantitative estimate of drug-likeness (QED) is 0.613. The maximum Gasteiger partial charge on any atom is 0.298 e. The van der Waals surface area contributed by atoms with Gasteiger partial charge in [-0.05, 0) is 31.4 Å². The third-order valence-corrected chi connectivity index (χ3v) is 6.95. The van der Waals surface area contributed by atoms with Crippen molar-refractivity contribution < 1.29 is 9.59 Å². The summed E-state index contributed by atoms with van der Waals surface area (Å²) in [5.74, 6) is 5.47. The lowest BCUT2D eigenvalue weighted by molar-refractivity contribution is -0.126. The van der Waals surface area contributed by atoms with E-state index in [2.05, 4.69) is 32.3 Å². The van der Waals surface area contributed by atoms with Gasteiger partial charge in [0, 0.05) is 35.9 Å². The van der Waals surface area contributed by atoms with Crippen LogP contribution in [0.15, 0.2) is 35.7 Å². The summed E-state index contributed by atoms with van der Waals surface area (Å²) < 4.78 is 0. The number of nitrogens with one attached hydrogen (secondary N) is 1. The summed E-state index contributed by atoms with van der Waals surface area (Å²) in [6, 6.07) is 9.49. The zero-order valence-corrected chi connectivity index (χ0v) is 18.6. The first-order valence-electron chi connectivity index (χ1n) is 10.1. The van der Waals surface area contributed by atoms with E-state index in [1.54, 1.807) is 10.3 Å². The Kier molecular flexibility index (Phi) is 6.70. The number of carbonyl (C=O) groups is 2. The number of rotatable bonds is 4. The maximum absolute atomic E-state index is 12.4. The number of nitrogens with zero attached hydrogens (tertiary/aromatic N) is 4. The molecule has 1 aliphatic rings. The SMILES string of the molecule is CCc1nnc(NC(=O)c2csc(C3CCN(C(=O)C#Cc4ccccc4)CC3)n2)s1. The molecule has 1 aromatic carbocycles. The summed E-state index contributed by atoms with van der Waals surface area (Å²) in [5, 5.41) is 14.8. The topological polar surface area (TPSA) is 88.1 Å². The van der Waals surface area contributed by atoms with Gasteiger partial charge in [-0.2, -0.15) is 0 Å². The van der Waals surface area contributed by atoms with Crippen LogP contribution in [0.2, 0.25) is 0 Å². The van der Waals surface area contributed by atoms with E-state index in [1.165, 1.54) is 22.7 Å². The molecule has 1 saturated heterocycles. The minimum atomic E-state index is -0.273. The number of anilines is 1. The molecule has 158 valence electrons. The van der Waals surface area contributed by atoms with Gasteiger partial charge in [-0.3, -0.25) is 14.9 Å². The lowest BCUT2D eigenvalue weighted by Gasteiger charge is -2.29. The van der Waals surface area contributed by atoms with Gasteiger partial charge in [-0.1, -0.05) is 42.4 Å². The highest BCUT2D eigenvalue weighted by molar-refractivity contribution is 7.15. The van der Waals surface area contributed by atoms with Crippen LogP contribution in [0.3, 0.4) is 0 Å². The lowest BCUT2D eigenvalue weighted by Crippen LogP contribution is -2.37. The fourth-order valence-electron chi connectivity index (χ4n) is 3.24. The second-order valence-corrected chi connectivity index (χ2v) is 9.01. The van der Waals surface area contributed by atoms with Crippen LogP contribution in [0.5, 0.6) is 0 Å². The number of piperidine rings is 1. The van der Waals surface area contributed by atoms with Crippen LogP contribution in [-0.4, -0.2) is 45.0 Å². The molecule has 0 radical (unpaired) electrons. The van der Waals surface area contributed by atoms with Crippen LogP contribution in [0.1, 0.15) is 51.8 Å². The number of hydrogen-bond donors (Lipinski definition) is 1. The Hall–Kier alpha value is -3.09. The van der Waals surface area contributed by atoms with Gasteiger partial charge < -0.3 is 4.90 Å². The summed E-state index contributed by atoms with van der Waals surface area (Å²) in [6.45, 7) is 3.27. The largest absolute Gasteiger partial charge is 0.332 e. The van der Waals surface area contributed by atoms with E-state index in [9.17, 15) is 9.59 Å². The molecule has 2 aromatic heterocycles. The molecule has 1 fully saturated rings. The molecule has 0 bridgehead atoms. The number of amides is 2. The number of thiazole rings is 1. The van der Waals surface area contributed by atoms with Gasteiger partial charge in [0.05, 0.1) is 5.01 Å². The average Bonchev–Trinajstić information content (AvgIpc) is 3.48. The zero-order valence-electron chi connectivity index (χ0n) is 17.0. The molecule has 1 N–H and O–H groups in total. The molecule has 0 spiro atoms. The van der Waals surface area contributed by atoms with Gasteiger partial charge in [0.1, 0.15) is 10.7 Å². The van der Waals surface area contributed by atoms with Crippen molar-refractivity contribution in [2.24, 2.45) is 0 Å². The number of carbonyl (C=O) groups excluding carboxylic acids is 2. The normalized spacial score (nSPS) is 14.0. The maximum atomic E-state index is 12.4. The molecular weight excluding hydrogens is 430 g/mol. The Morgan fingerprint density at radius 3 is 2.68 bits per heavy atom. The van der Waals surface area contributed by atoms with Crippen LogP contribution in [0, 0.1) is 11.8 Å². The molecule has 31 heavy (non-hydrogen) atoms. The molecule has 0 saturated carbocycles. The van der Waals surface area contributed by atoms with Crippen LogP contribution in [-0.2, 0) is 11.2 Å². The van der Waals surface area contributed by atoms with Gasteiger partial charge in [0.2, 0.25) is 5.13 Å². The molecular formula is C22H21N5O2S2. The van der Waals surface area contributed by atoms with E-state index in [-0.39, 0.29) is 17.7 Å². The average molecular weight is 452 g/mol. The Bertz CT molecular complexity index is 1120. The number of aryl methyl sites for hydroxylation is 1. The minimum absolute atomic E-state index is 0.148. The Labute approximate surface area is 188 Å². The van der Waals surface area contributed by atoms with Gasteiger partial charge in [0.25, 0.3) is 11.8 Å². The first kappa shape index (κ1) is 21.2. The zero-order chi connectivity index (χ0) is 21.6. The van der Waals surface area contributed by atoms with Crippen LogP contribution >= 0.6 is 22.7 Å². The van der Waals surface area contributed by atoms with Gasteiger partial charge in [-0.15, -0.1) is 21.5 Å². The van der Waals surface area contributed by atoms with Crippen LogP contribution in [0.4, 0.5) is 5.13 Å². The third kappa shape index (κ3) is 5.34. The molecule has 1 aliphatic heterocycles. The second kappa shape index (κ2) is 9.81. The van der Waals surface area contributed by atoms with Crippen molar-refractivity contribution in [1.82, 2.24) is 20.1 Å². The van der Waals surface area contributed by atoms with E-state index in [0.29, 0.717) is 23.9 Å². The molecule has 3 heterocycles. The van der Waals surface area contributed by atoms with Crippen molar-refractivity contribution in [3.8, 4) is 11.8 Å². The van der Waals surface area contributed by atoms with Gasteiger partial charge in [0.15, 0.2) is 0 Å². The van der Waals surface area contributed by atoms with Gasteiger partial charge in [-0.25, -0.2) is 4.98 Å². The molecule has 0 unspecified atom stereocenters. The molecule has 9 heteroatoms. The summed E-state index contributed by atoms with van der Waals surface area (Å²) in [7, 11) is 0. The Morgan fingerprint density at radius 2 is 1.97 bits per heavy atom. The molecule has 2 amide bonds. The number of benzene rings is 1. The van der Waals surface area contributed by atoms with E-state index < -0.39 is 0 Å². The highest BCUT2D eigenvalue weighted by Crippen LogP contribution is 2.30. The van der Waals surface area contributed by atoms with Gasteiger partial charge >= 0.3 is 0 Å². The monoisotopic (exact) mass is 451 g/mol. The van der Waals surface area contributed by atoms with Crippen LogP contribution < -0.4 is 5.32 Å². The second-order valence-electron chi connectivity index (χ2n) is 7.06. The highest BCUT2D eigenvalue weighted by atomic mass is 32.1. The van der Waals surface area contributed by atoms with E-state index in [0.717, 1.165) is 34.8 Å². The Balaban J connectivity index is 1.31. The minimum Gasteiger partial charge on any atom is -0.332 e. The molecule has 4 rings (SSSR count). The first-order valence-corrected chi connectivity index (χ1v) is 11.8. The van der Waals surface area contributed by atoms with E-state index >= 15 is 0 Å². The molecule has 0 aliphatic carbocycles. The molecule has 0 atom stereocenters. The third-order valence-electron chi connectivity index (χ3n) is 4.96. The van der Waals surface area contributed by atoms with Crippen molar-refractivity contribution >= 4 is 39.6 Å². The smallest absolute Gasteiger partial charge is 0.298 e. The van der Waals surface area contributed by atoms with Crippen molar-refractivity contribution in [1.29, 1.82) is 0 Å². The summed E-state index contributed by atoms with van der Waals surface area (Å²) >= 11 is 2.85. The van der Waals surface area contributed by atoms with Crippen molar-refractivity contribution in [3.63, 3.8) is 0 Å². The van der Waals surface area contributed by atoms with Crippen molar-refractivity contribution in [2.75, 3.05) is 18.4 Å². The summed E-state index contributed by atoms with van der Waals surface area (Å²) in [6.07, 6.45) is 2.40. The standard InChI is InChI=1S/C22H21N5O2S2/c1-2-18-25-26-22(31-18)24-20(29)17-14-30-21(23-17)16-10-12-27(13-11-16)19(28)9-8-15-6-4-3-5-7-15/h3-7,14,16H,2,10-13H2,1H3,(H,24,26,29). The predicted octanol–water partition coefficient (Wildman–Crippen LogP) is 3.57. The molecule has 3 aromatic rings. The Morgan fingerprint density at radius 1 is 1.19 bits per heavy atom. The molecule has 7 nitrogen and oxygen atoms in total. The van der Waals surface area contributed by atoms with E-state index in [4.69, 9.17) is 0 Å². The fraction of sp³-hybridized carbons (Fsp3) is 0.318. The lowest BCUT2D eigenvalue weighted by atomic mass is 9.97. The number of hydrogen-bond acceptors (Lipinski definition) is 7. The van der Waals surface area contributed by atoms with Crippen molar-refractivity contribution in [2.45, 2.75) is 32.1 Å². The highest BCUT2D eigenvalue weighted by Gasteiger charge is 2.26. The summed E-state index contributed by atoms with van der Waals surface area (Å²) in [5.41, 5.74) is 1.22. The van der Waals surface area contributed by atoms with Crippen molar-refractivity contribution in [3.05, 3.63) is 57.0 Å². The first-order chi connectivity index (χ1) is 15.1. The van der Waals surface area contributed by atoms with E-state index in [1.807, 2.05) is 37.3 Å². The summed E-state index contributed by atoms with van der Waals surface area (Å²) in [4.78, 5) is 31.1.